The van der Waals surface area contributed by atoms with Crippen LogP contribution in [0.3, 0.4) is 0 Å². The molecule has 2 aliphatic rings. The van der Waals surface area contributed by atoms with Gasteiger partial charge >= 0.3 is 11.9 Å². The summed E-state index contributed by atoms with van der Waals surface area (Å²) >= 11 is 0. The number of esters is 1. The summed E-state index contributed by atoms with van der Waals surface area (Å²) in [4.78, 5) is 72.1. The number of aliphatic hydroxyl groups excluding tert-OH is 3. The highest BCUT2D eigenvalue weighted by Gasteiger charge is 2.48. The van der Waals surface area contributed by atoms with Gasteiger partial charge in [-0.3, -0.25) is 33.4 Å². The zero-order chi connectivity index (χ0) is 40.0. The molecule has 0 aliphatic carbocycles. The molecule has 0 aromatic heterocycles. The summed E-state index contributed by atoms with van der Waals surface area (Å²) < 4.78 is 59.1. The Morgan fingerprint density at radius 3 is 2.31 bits per heavy atom. The molecular formula is C32H43N3O18S. The fourth-order valence-corrected chi connectivity index (χ4v) is 5.71. The number of carboxylic acids is 1. The van der Waals surface area contributed by atoms with Gasteiger partial charge in [0.15, 0.2) is 6.10 Å². The number of benzene rings is 1. The first kappa shape index (κ1) is 43.7. The number of rotatable bonds is 22. The van der Waals surface area contributed by atoms with Gasteiger partial charge in [-0.25, -0.2) is 4.79 Å². The number of carbonyl (C=O) groups is 6. The lowest BCUT2D eigenvalue weighted by Crippen LogP contribution is -2.61. The number of unbranched alkanes of at least 4 members (excludes halogenated alkanes) is 2. The zero-order valence-electron chi connectivity index (χ0n) is 29.0. The number of amides is 4. The third kappa shape index (κ3) is 13.9. The first-order valence-electron chi connectivity index (χ1n) is 16.6. The van der Waals surface area contributed by atoms with E-state index in [1.165, 1.54) is 25.1 Å². The Kier molecular flexibility index (Phi) is 16.7. The van der Waals surface area contributed by atoms with Crippen LogP contribution in [0.25, 0.3) is 0 Å². The number of hydrogen-bond donors (Lipinski definition) is 7. The Balaban J connectivity index is 1.45. The van der Waals surface area contributed by atoms with Crippen molar-refractivity contribution in [3.8, 4) is 11.5 Å². The molecule has 300 valence electrons. The molecule has 1 aromatic carbocycles. The zero-order valence-corrected chi connectivity index (χ0v) is 29.8. The molecule has 22 heteroatoms. The maximum Gasteiger partial charge on any atom is 0.335 e. The molecule has 0 radical (unpaired) electrons. The van der Waals surface area contributed by atoms with Crippen LogP contribution in [0.1, 0.15) is 38.2 Å². The Bertz CT molecular complexity index is 1630. The highest BCUT2D eigenvalue weighted by Crippen LogP contribution is 2.29. The van der Waals surface area contributed by atoms with Crippen LogP contribution in [0, 0.1) is 0 Å². The number of carboxylic acid groups (broad SMARTS) is 1. The predicted octanol–water partition coefficient (Wildman–Crippen LogP) is -2.61. The van der Waals surface area contributed by atoms with Crippen LogP contribution in [0.2, 0.25) is 0 Å². The van der Waals surface area contributed by atoms with E-state index in [2.05, 4.69) is 10.6 Å². The van der Waals surface area contributed by atoms with E-state index < -0.39 is 88.2 Å². The van der Waals surface area contributed by atoms with Gasteiger partial charge in [-0.1, -0.05) is 6.42 Å². The molecule has 2 heterocycles. The van der Waals surface area contributed by atoms with E-state index in [4.69, 9.17) is 23.7 Å². The first-order valence-corrected chi connectivity index (χ1v) is 18.2. The second-order valence-electron chi connectivity index (χ2n) is 12.0. The van der Waals surface area contributed by atoms with Gasteiger partial charge in [0, 0.05) is 50.2 Å². The maximum atomic E-state index is 12.7. The average molecular weight is 790 g/mol. The molecular weight excluding hydrogens is 746 g/mol. The first-order chi connectivity index (χ1) is 25.5. The molecule has 2 aliphatic heterocycles. The third-order valence-electron chi connectivity index (χ3n) is 7.78. The Morgan fingerprint density at radius 2 is 1.67 bits per heavy atom. The van der Waals surface area contributed by atoms with Crippen LogP contribution in [0.4, 0.5) is 0 Å². The van der Waals surface area contributed by atoms with E-state index in [1.54, 1.807) is 0 Å². The molecule has 0 saturated carbocycles. The van der Waals surface area contributed by atoms with Gasteiger partial charge < -0.3 is 54.7 Å². The smallest absolute Gasteiger partial charge is 0.335 e. The van der Waals surface area contributed by atoms with Crippen molar-refractivity contribution >= 4 is 45.7 Å². The van der Waals surface area contributed by atoms with E-state index in [1.807, 2.05) is 0 Å². The van der Waals surface area contributed by atoms with Gasteiger partial charge in [0.2, 0.25) is 18.1 Å². The normalized spacial score (nSPS) is 21.7. The van der Waals surface area contributed by atoms with Crippen molar-refractivity contribution in [3.05, 3.63) is 35.9 Å². The third-order valence-corrected chi connectivity index (χ3v) is 8.54. The Labute approximate surface area is 308 Å². The standard InChI is InChI=1S/C32H43N3O18S/c1-18(36)51-16-19-6-7-20(52-32-28(42)26(40)27(41)29(53-32)31(44)45)15-22(19)50-14-13-49-12-10-33-30(43)21(17-54(46,47)48)34-23(37)5-3-2-4-11-35-24(38)8-9-25(35)39/h6-9,15,21,26-29,32,40-42H,2-5,10-14,16-17H2,1H3,(H,33,43)(H,34,37)(H,44,45)(H,46,47,48)/t21-,26-,27-,28+,29-,32+/m0/s1. The number of aliphatic hydroxyl groups is 3. The van der Waals surface area contributed by atoms with Crippen molar-refractivity contribution in [1.82, 2.24) is 15.5 Å². The van der Waals surface area contributed by atoms with Gasteiger partial charge in [0.25, 0.3) is 21.9 Å². The quantitative estimate of drug-likeness (QED) is 0.0274. The summed E-state index contributed by atoms with van der Waals surface area (Å²) in [7, 11) is -4.67. The molecule has 1 saturated heterocycles. The number of hydrogen-bond acceptors (Lipinski definition) is 16. The van der Waals surface area contributed by atoms with Gasteiger partial charge in [0.1, 0.15) is 54.8 Å². The highest BCUT2D eigenvalue weighted by molar-refractivity contribution is 7.85. The summed E-state index contributed by atoms with van der Waals surface area (Å²) in [5, 5.41) is 44.2. The van der Waals surface area contributed by atoms with Crippen molar-refractivity contribution in [1.29, 1.82) is 0 Å². The van der Waals surface area contributed by atoms with Crippen molar-refractivity contribution in [2.75, 3.05) is 38.7 Å². The number of nitrogens with one attached hydrogen (secondary N) is 2. The molecule has 1 aromatic rings. The topological polar surface area (TPSA) is 311 Å². The molecule has 1 fully saturated rings. The van der Waals surface area contributed by atoms with E-state index in [9.17, 15) is 62.2 Å². The molecule has 6 atom stereocenters. The molecule has 3 rings (SSSR count). The summed E-state index contributed by atoms with van der Waals surface area (Å²) in [5.41, 5.74) is 0.369. The van der Waals surface area contributed by atoms with Gasteiger partial charge in [-0.15, -0.1) is 0 Å². The number of aliphatic carboxylic acids is 1. The van der Waals surface area contributed by atoms with E-state index in [0.717, 1.165) is 17.1 Å². The van der Waals surface area contributed by atoms with Crippen LogP contribution in [0.15, 0.2) is 30.4 Å². The van der Waals surface area contributed by atoms with Crippen molar-refractivity contribution in [2.24, 2.45) is 0 Å². The molecule has 7 N–H and O–H groups in total. The number of nitrogens with zero attached hydrogens (tertiary/aromatic N) is 1. The minimum absolute atomic E-state index is 0.0193. The van der Waals surface area contributed by atoms with Crippen molar-refractivity contribution in [2.45, 2.75) is 76.0 Å². The van der Waals surface area contributed by atoms with E-state index >= 15 is 0 Å². The molecule has 0 spiro atoms. The van der Waals surface area contributed by atoms with E-state index in [-0.39, 0.29) is 57.4 Å². The van der Waals surface area contributed by atoms with Crippen LogP contribution >= 0.6 is 0 Å². The van der Waals surface area contributed by atoms with Gasteiger partial charge in [0.05, 0.1) is 13.2 Å². The minimum Gasteiger partial charge on any atom is -0.491 e. The Morgan fingerprint density at radius 1 is 0.963 bits per heavy atom. The summed E-state index contributed by atoms with van der Waals surface area (Å²) in [6.07, 6.45) is -5.80. The molecule has 21 nitrogen and oxygen atoms in total. The molecule has 4 amide bonds. The second-order valence-corrected chi connectivity index (χ2v) is 13.5. The van der Waals surface area contributed by atoms with E-state index in [0.29, 0.717) is 24.8 Å². The van der Waals surface area contributed by atoms with Gasteiger partial charge in [-0.2, -0.15) is 8.42 Å². The summed E-state index contributed by atoms with van der Waals surface area (Å²) in [6.45, 7) is 0.742. The number of imide groups is 1. The van der Waals surface area contributed by atoms with Crippen molar-refractivity contribution < 1.29 is 85.8 Å². The fourth-order valence-electron chi connectivity index (χ4n) is 5.05. The predicted molar refractivity (Wildman–Crippen MR) is 179 cm³/mol. The molecule has 0 bridgehead atoms. The Hall–Kier alpha value is -4.71. The van der Waals surface area contributed by atoms with Crippen molar-refractivity contribution in [3.63, 3.8) is 0 Å². The maximum absolute atomic E-state index is 12.7. The number of ether oxygens (including phenoxy) is 5. The SMILES string of the molecule is CC(=O)OCc1ccc(O[C@@H]2O[C@H](C(=O)O)[C@@H](O)[C@H](O)[C@H]2O)cc1OCCOCCNC(=O)[C@H](CS(=O)(=O)O)NC(=O)CCCCCN1C(=O)C=CC1=O. The monoisotopic (exact) mass is 789 g/mol. The average Bonchev–Trinajstić information content (AvgIpc) is 3.42. The lowest BCUT2D eigenvalue weighted by Gasteiger charge is -2.38. The van der Waals surface area contributed by atoms with Crippen LogP contribution in [0.5, 0.6) is 11.5 Å². The highest BCUT2D eigenvalue weighted by atomic mass is 32.2. The lowest BCUT2D eigenvalue weighted by atomic mass is 9.99. The number of carbonyl (C=O) groups excluding carboxylic acids is 5. The van der Waals surface area contributed by atoms with Crippen LogP contribution in [-0.2, 0) is 59.7 Å². The lowest BCUT2D eigenvalue weighted by molar-refractivity contribution is -0.271. The second kappa shape index (κ2) is 20.7. The fraction of sp³-hybridized carbons (Fsp3) is 0.562. The largest absolute Gasteiger partial charge is 0.491 e. The van der Waals surface area contributed by atoms with Gasteiger partial charge in [-0.05, 0) is 25.0 Å². The molecule has 54 heavy (non-hydrogen) atoms. The minimum atomic E-state index is -4.67. The van der Waals surface area contributed by atoms with Crippen LogP contribution < -0.4 is 20.1 Å². The van der Waals surface area contributed by atoms with Crippen LogP contribution in [-0.4, -0.2) is 149 Å². The summed E-state index contributed by atoms with van der Waals surface area (Å²) in [5.74, 6) is -5.58. The molecule has 0 unspecified atom stereocenters. The summed E-state index contributed by atoms with van der Waals surface area (Å²) in [6, 6.07) is 2.51.